The molecular weight excluding hydrogens is 406 g/mol. The Balaban J connectivity index is 2.44. The van der Waals surface area contributed by atoms with E-state index in [2.05, 4.69) is 4.98 Å². The van der Waals surface area contributed by atoms with Gasteiger partial charge < -0.3 is 18.9 Å². The van der Waals surface area contributed by atoms with Crippen LogP contribution in [0.25, 0.3) is 22.3 Å². The maximum atomic E-state index is 12.8. The lowest BCUT2D eigenvalue weighted by atomic mass is 10.1. The Morgan fingerprint density at radius 3 is 2.10 bits per heavy atom. The lowest BCUT2D eigenvalue weighted by molar-refractivity contribution is 0.0528. The number of aromatic nitrogens is 3. The zero-order valence-electron chi connectivity index (χ0n) is 18.1. The number of hydrogen-bond acceptors (Lipinski definition) is 8. The molecule has 3 aromatic rings. The van der Waals surface area contributed by atoms with Gasteiger partial charge in [-0.05, 0) is 25.1 Å². The summed E-state index contributed by atoms with van der Waals surface area (Å²) in [4.78, 5) is 42.5. The molecule has 3 rings (SSSR count). The van der Waals surface area contributed by atoms with Crippen molar-refractivity contribution in [1.29, 1.82) is 0 Å². The molecule has 0 N–H and O–H groups in total. The topological polar surface area (TPSA) is 111 Å². The number of hydrogen-bond donors (Lipinski definition) is 0. The van der Waals surface area contributed by atoms with Gasteiger partial charge in [0.1, 0.15) is 0 Å². The van der Waals surface area contributed by atoms with E-state index >= 15 is 0 Å². The summed E-state index contributed by atoms with van der Waals surface area (Å²) in [7, 11) is 7.26. The van der Waals surface area contributed by atoms with Gasteiger partial charge in [0.25, 0.3) is 5.56 Å². The van der Waals surface area contributed by atoms with E-state index in [1.807, 2.05) is 0 Å². The van der Waals surface area contributed by atoms with Gasteiger partial charge in [-0.2, -0.15) is 0 Å². The van der Waals surface area contributed by atoms with Crippen LogP contribution in [0.1, 0.15) is 17.3 Å². The first kappa shape index (κ1) is 21.9. The Labute approximate surface area is 177 Å². The third-order valence-corrected chi connectivity index (χ3v) is 4.87. The van der Waals surface area contributed by atoms with Crippen LogP contribution in [0.2, 0.25) is 0 Å². The molecule has 0 aliphatic carbocycles. The quantitative estimate of drug-likeness (QED) is 0.542. The van der Waals surface area contributed by atoms with E-state index in [0.717, 1.165) is 4.57 Å². The maximum Gasteiger partial charge on any atom is 0.339 e. The monoisotopic (exact) mass is 429 g/mol. The van der Waals surface area contributed by atoms with Crippen LogP contribution in [0.5, 0.6) is 17.2 Å². The van der Waals surface area contributed by atoms with Crippen LogP contribution in [0.4, 0.5) is 0 Å². The van der Waals surface area contributed by atoms with Crippen molar-refractivity contribution in [2.24, 2.45) is 14.1 Å². The van der Waals surface area contributed by atoms with Crippen molar-refractivity contribution in [3.8, 4) is 28.5 Å². The van der Waals surface area contributed by atoms with Crippen LogP contribution < -0.4 is 25.5 Å². The molecule has 0 amide bonds. The first-order valence-electron chi connectivity index (χ1n) is 9.37. The maximum absolute atomic E-state index is 12.8. The lowest BCUT2D eigenvalue weighted by Crippen LogP contribution is -2.38. The van der Waals surface area contributed by atoms with Gasteiger partial charge in [0, 0.05) is 19.7 Å². The number of fused-ring (bicyclic) bond motifs is 1. The van der Waals surface area contributed by atoms with E-state index in [1.165, 1.54) is 46.1 Å². The number of nitrogens with zero attached hydrogens (tertiary/aromatic N) is 3. The number of ether oxygens (including phenoxy) is 4. The Hall–Kier alpha value is -3.82. The van der Waals surface area contributed by atoms with E-state index in [9.17, 15) is 14.4 Å². The molecule has 0 aliphatic rings. The second-order valence-corrected chi connectivity index (χ2v) is 6.59. The number of carbonyl (C=O) groups excluding carboxylic acids is 1. The van der Waals surface area contributed by atoms with Crippen LogP contribution in [0.3, 0.4) is 0 Å². The van der Waals surface area contributed by atoms with Gasteiger partial charge in [0.2, 0.25) is 5.75 Å². The van der Waals surface area contributed by atoms with Crippen LogP contribution in [0.15, 0.2) is 27.8 Å². The average Bonchev–Trinajstić information content (AvgIpc) is 2.79. The molecular formula is C21H23N3O7. The fraction of sp³-hybridized carbons (Fsp3) is 0.333. The second kappa shape index (κ2) is 8.50. The van der Waals surface area contributed by atoms with Crippen molar-refractivity contribution in [2.45, 2.75) is 6.92 Å². The number of rotatable bonds is 6. The highest BCUT2D eigenvalue weighted by Crippen LogP contribution is 2.41. The minimum absolute atomic E-state index is 0.000702. The predicted octanol–water partition coefficient (Wildman–Crippen LogP) is 1.50. The molecule has 0 saturated carbocycles. The van der Waals surface area contributed by atoms with E-state index < -0.39 is 17.2 Å². The molecule has 31 heavy (non-hydrogen) atoms. The molecule has 2 heterocycles. The summed E-state index contributed by atoms with van der Waals surface area (Å²) in [5.41, 5.74) is -0.297. The molecule has 1 aromatic carbocycles. The van der Waals surface area contributed by atoms with Crippen LogP contribution in [0, 0.1) is 0 Å². The lowest BCUT2D eigenvalue weighted by Gasteiger charge is -2.15. The third kappa shape index (κ3) is 3.60. The average molecular weight is 429 g/mol. The van der Waals surface area contributed by atoms with Gasteiger partial charge in [-0.15, -0.1) is 0 Å². The number of benzene rings is 1. The van der Waals surface area contributed by atoms with Crippen molar-refractivity contribution in [3.05, 3.63) is 44.6 Å². The Bertz CT molecular complexity index is 1270. The number of pyridine rings is 1. The number of aryl methyl sites for hydroxylation is 1. The van der Waals surface area contributed by atoms with Crippen molar-refractivity contribution in [2.75, 3.05) is 27.9 Å². The standard InChI is InChI=1S/C21H23N3O7/c1-7-31-20(26)12-10-13(11-8-14(28-4)17(30-6)15(9-11)29-5)22-18-16(12)19(25)24(3)21(27)23(18)2/h8-10H,7H2,1-6H3. The normalized spacial score (nSPS) is 10.8. The molecule has 0 atom stereocenters. The summed E-state index contributed by atoms with van der Waals surface area (Å²) in [5.74, 6) is 0.462. The molecule has 0 bridgehead atoms. The molecule has 0 radical (unpaired) electrons. The zero-order valence-corrected chi connectivity index (χ0v) is 18.1. The summed E-state index contributed by atoms with van der Waals surface area (Å²) in [6.45, 7) is 1.78. The van der Waals surface area contributed by atoms with E-state index in [4.69, 9.17) is 18.9 Å². The van der Waals surface area contributed by atoms with Crippen molar-refractivity contribution in [1.82, 2.24) is 14.1 Å². The van der Waals surface area contributed by atoms with Gasteiger partial charge >= 0.3 is 11.7 Å². The highest BCUT2D eigenvalue weighted by atomic mass is 16.5. The molecule has 2 aromatic heterocycles. The summed E-state index contributed by atoms with van der Waals surface area (Å²) in [6.07, 6.45) is 0. The Morgan fingerprint density at radius 1 is 0.968 bits per heavy atom. The van der Waals surface area contributed by atoms with Gasteiger partial charge in [0.15, 0.2) is 17.1 Å². The molecule has 164 valence electrons. The molecule has 10 heteroatoms. The van der Waals surface area contributed by atoms with Crippen molar-refractivity contribution in [3.63, 3.8) is 0 Å². The fourth-order valence-corrected chi connectivity index (χ4v) is 3.30. The molecule has 10 nitrogen and oxygen atoms in total. The zero-order chi connectivity index (χ0) is 22.9. The van der Waals surface area contributed by atoms with Crippen LogP contribution in [-0.2, 0) is 18.8 Å². The minimum atomic E-state index is -0.695. The fourth-order valence-electron chi connectivity index (χ4n) is 3.30. The molecule has 0 unspecified atom stereocenters. The Morgan fingerprint density at radius 2 is 1.58 bits per heavy atom. The second-order valence-electron chi connectivity index (χ2n) is 6.59. The highest BCUT2D eigenvalue weighted by Gasteiger charge is 2.23. The SMILES string of the molecule is CCOC(=O)c1cc(-c2cc(OC)c(OC)c(OC)c2)nc2c1c(=O)n(C)c(=O)n2C. The number of methoxy groups -OCH3 is 3. The molecule has 0 spiro atoms. The van der Waals surface area contributed by atoms with Gasteiger partial charge in [-0.1, -0.05) is 0 Å². The van der Waals surface area contributed by atoms with Crippen molar-refractivity contribution >= 4 is 17.0 Å². The molecule has 0 fully saturated rings. The third-order valence-electron chi connectivity index (χ3n) is 4.87. The Kier molecular flexibility index (Phi) is 6.00. The number of esters is 1. The van der Waals surface area contributed by atoms with E-state index in [-0.39, 0.29) is 23.2 Å². The van der Waals surface area contributed by atoms with Gasteiger partial charge in [0.05, 0.1) is 44.6 Å². The minimum Gasteiger partial charge on any atom is -0.493 e. The van der Waals surface area contributed by atoms with Gasteiger partial charge in [-0.3, -0.25) is 13.9 Å². The smallest absolute Gasteiger partial charge is 0.339 e. The number of carbonyl (C=O) groups is 1. The van der Waals surface area contributed by atoms with Gasteiger partial charge in [-0.25, -0.2) is 14.6 Å². The van der Waals surface area contributed by atoms with Crippen LogP contribution >= 0.6 is 0 Å². The summed E-state index contributed by atoms with van der Waals surface area (Å²) in [5, 5.41) is -0.000702. The van der Waals surface area contributed by atoms with E-state index in [1.54, 1.807) is 19.1 Å². The predicted molar refractivity (Wildman–Crippen MR) is 113 cm³/mol. The first-order chi connectivity index (χ1) is 14.8. The summed E-state index contributed by atoms with van der Waals surface area (Å²) >= 11 is 0. The summed E-state index contributed by atoms with van der Waals surface area (Å²) < 4.78 is 23.4. The van der Waals surface area contributed by atoms with E-state index in [0.29, 0.717) is 28.5 Å². The highest BCUT2D eigenvalue weighted by molar-refractivity contribution is 6.03. The molecule has 0 aliphatic heterocycles. The first-order valence-corrected chi connectivity index (χ1v) is 9.37. The summed E-state index contributed by atoms with van der Waals surface area (Å²) in [6, 6.07) is 4.76. The molecule has 0 saturated heterocycles. The van der Waals surface area contributed by atoms with Crippen molar-refractivity contribution < 1.29 is 23.7 Å². The largest absolute Gasteiger partial charge is 0.493 e. The van der Waals surface area contributed by atoms with Crippen LogP contribution in [-0.4, -0.2) is 48.0 Å².